The summed E-state index contributed by atoms with van der Waals surface area (Å²) < 4.78 is 0. The van der Waals surface area contributed by atoms with E-state index in [9.17, 15) is 0 Å². The van der Waals surface area contributed by atoms with Gasteiger partial charge >= 0.3 is 0 Å². The van der Waals surface area contributed by atoms with Crippen molar-refractivity contribution < 1.29 is 0 Å². The van der Waals surface area contributed by atoms with Crippen LogP contribution in [0.25, 0.3) is 0 Å². The van der Waals surface area contributed by atoms with Crippen LogP contribution in [0.15, 0.2) is 16.8 Å². The van der Waals surface area contributed by atoms with Gasteiger partial charge in [-0.25, -0.2) is 0 Å². The Labute approximate surface area is 105 Å². The molecule has 0 radical (unpaired) electrons. The van der Waals surface area contributed by atoms with E-state index in [1.807, 2.05) is 11.3 Å². The summed E-state index contributed by atoms with van der Waals surface area (Å²) >= 11 is 5.69. The molecule has 1 saturated carbocycles. The van der Waals surface area contributed by atoms with E-state index in [-0.39, 0.29) is 0 Å². The highest BCUT2D eigenvalue weighted by atomic mass is 79.9. The maximum atomic E-state index is 3.87. The van der Waals surface area contributed by atoms with Crippen molar-refractivity contribution in [2.45, 2.75) is 49.8 Å². The molecule has 1 aliphatic rings. The molecular weight excluding hydrogens is 268 g/mol. The first-order chi connectivity index (χ1) is 7.36. The van der Waals surface area contributed by atoms with Crippen LogP contribution in [0.1, 0.15) is 44.1 Å². The zero-order chi connectivity index (χ0) is 10.5. The highest BCUT2D eigenvalue weighted by Crippen LogP contribution is 2.32. The van der Waals surface area contributed by atoms with E-state index in [1.165, 1.54) is 50.5 Å². The van der Waals surface area contributed by atoms with E-state index in [1.54, 1.807) is 0 Å². The second-order valence-corrected chi connectivity index (χ2v) is 6.54. The smallest absolute Gasteiger partial charge is 0.0174 e. The quantitative estimate of drug-likeness (QED) is 0.540. The van der Waals surface area contributed by atoms with E-state index < -0.39 is 0 Å². The van der Waals surface area contributed by atoms with Crippen LogP contribution in [0, 0.1) is 5.92 Å². The number of hydrogen-bond acceptors (Lipinski definition) is 1. The fraction of sp³-hybridized carbons (Fsp3) is 0.692. The van der Waals surface area contributed by atoms with Gasteiger partial charge in [-0.3, -0.25) is 0 Å². The van der Waals surface area contributed by atoms with Crippen LogP contribution >= 0.6 is 27.3 Å². The Hall–Kier alpha value is 0.180. The average Bonchev–Trinajstić information content (AvgIpc) is 2.67. The molecule has 0 aliphatic heterocycles. The summed E-state index contributed by atoms with van der Waals surface area (Å²) in [4.78, 5) is 0.777. The molecule has 2 rings (SSSR count). The van der Waals surface area contributed by atoms with E-state index in [0.29, 0.717) is 0 Å². The van der Waals surface area contributed by atoms with Gasteiger partial charge in [0, 0.05) is 4.83 Å². The molecule has 1 aliphatic carbocycles. The summed E-state index contributed by atoms with van der Waals surface area (Å²) in [5, 5.41) is 4.48. The fourth-order valence-corrected chi connectivity index (χ4v) is 4.01. The van der Waals surface area contributed by atoms with Crippen LogP contribution < -0.4 is 0 Å². The van der Waals surface area contributed by atoms with Gasteiger partial charge in [-0.15, -0.1) is 0 Å². The first kappa shape index (κ1) is 11.7. The number of rotatable bonds is 3. The van der Waals surface area contributed by atoms with E-state index in [4.69, 9.17) is 0 Å². The lowest BCUT2D eigenvalue weighted by molar-refractivity contribution is 0.445. The molecule has 0 nitrogen and oxygen atoms in total. The minimum absolute atomic E-state index is 0.777. The van der Waals surface area contributed by atoms with Crippen molar-refractivity contribution in [3.8, 4) is 0 Å². The van der Waals surface area contributed by atoms with Gasteiger partial charge < -0.3 is 0 Å². The van der Waals surface area contributed by atoms with Crippen molar-refractivity contribution in [3.63, 3.8) is 0 Å². The maximum absolute atomic E-state index is 3.87. The molecule has 84 valence electrons. The topological polar surface area (TPSA) is 0 Å². The molecule has 15 heavy (non-hydrogen) atoms. The predicted molar refractivity (Wildman–Crippen MR) is 71.9 cm³/mol. The molecule has 2 atom stereocenters. The molecule has 2 heteroatoms. The highest BCUT2D eigenvalue weighted by Gasteiger charge is 2.20. The summed E-state index contributed by atoms with van der Waals surface area (Å²) in [6, 6.07) is 2.27. The third-order valence-electron chi connectivity index (χ3n) is 3.45. The third-order valence-corrected chi connectivity index (χ3v) is 5.39. The fourth-order valence-electron chi connectivity index (χ4n) is 2.45. The molecule has 1 aromatic rings. The molecule has 1 heterocycles. The zero-order valence-electron chi connectivity index (χ0n) is 9.12. The van der Waals surface area contributed by atoms with Gasteiger partial charge in [0.25, 0.3) is 0 Å². The Bertz CT molecular complexity index is 268. The first-order valence-electron chi connectivity index (χ1n) is 6.01. The number of hydrogen-bond donors (Lipinski definition) is 0. The molecular formula is C13H19BrS. The van der Waals surface area contributed by atoms with Gasteiger partial charge in [-0.2, -0.15) is 11.3 Å². The Morgan fingerprint density at radius 1 is 1.27 bits per heavy atom. The van der Waals surface area contributed by atoms with Crippen molar-refractivity contribution in [1.29, 1.82) is 0 Å². The second kappa shape index (κ2) is 6.05. The predicted octanol–water partition coefficient (Wildman–Crippen LogP) is 5.02. The molecule has 0 spiro atoms. The standard InChI is InChI=1S/C13H19BrS/c14-13-5-3-1-2-4-12(13)7-6-11-8-9-15-10-11/h8-10,12-13H,1-7H2. The minimum Gasteiger partial charge on any atom is -0.152 e. The van der Waals surface area contributed by atoms with Crippen LogP contribution in [0.3, 0.4) is 0 Å². The molecule has 0 saturated heterocycles. The van der Waals surface area contributed by atoms with E-state index in [0.717, 1.165) is 10.7 Å². The SMILES string of the molecule is BrC1CCCCCC1CCc1ccsc1. The Morgan fingerprint density at radius 3 is 2.93 bits per heavy atom. The zero-order valence-corrected chi connectivity index (χ0v) is 11.5. The van der Waals surface area contributed by atoms with Crippen molar-refractivity contribution in [1.82, 2.24) is 0 Å². The maximum Gasteiger partial charge on any atom is 0.0174 e. The lowest BCUT2D eigenvalue weighted by atomic mass is 9.93. The van der Waals surface area contributed by atoms with Gasteiger partial charge in [0.1, 0.15) is 0 Å². The van der Waals surface area contributed by atoms with Crippen LogP contribution in [0.4, 0.5) is 0 Å². The van der Waals surface area contributed by atoms with Gasteiger partial charge in [0.15, 0.2) is 0 Å². The Balaban J connectivity index is 1.81. The van der Waals surface area contributed by atoms with Gasteiger partial charge in [-0.05, 0) is 54.0 Å². The van der Waals surface area contributed by atoms with Crippen LogP contribution in [-0.4, -0.2) is 4.83 Å². The van der Waals surface area contributed by atoms with Crippen molar-refractivity contribution in [3.05, 3.63) is 22.4 Å². The largest absolute Gasteiger partial charge is 0.152 e. The first-order valence-corrected chi connectivity index (χ1v) is 7.87. The average molecular weight is 287 g/mol. The van der Waals surface area contributed by atoms with E-state index >= 15 is 0 Å². The molecule has 0 N–H and O–H groups in total. The Morgan fingerprint density at radius 2 is 2.13 bits per heavy atom. The molecule has 2 unspecified atom stereocenters. The van der Waals surface area contributed by atoms with Crippen molar-refractivity contribution in [2.75, 3.05) is 0 Å². The molecule has 0 bridgehead atoms. The molecule has 1 fully saturated rings. The van der Waals surface area contributed by atoms with Crippen LogP contribution in [-0.2, 0) is 6.42 Å². The van der Waals surface area contributed by atoms with Crippen molar-refractivity contribution in [2.24, 2.45) is 5.92 Å². The van der Waals surface area contributed by atoms with Crippen molar-refractivity contribution >= 4 is 27.3 Å². The highest BCUT2D eigenvalue weighted by molar-refractivity contribution is 9.09. The van der Waals surface area contributed by atoms with Crippen LogP contribution in [0.2, 0.25) is 0 Å². The van der Waals surface area contributed by atoms with Gasteiger partial charge in [0.05, 0.1) is 0 Å². The number of thiophene rings is 1. The number of alkyl halides is 1. The molecule has 0 aromatic carbocycles. The summed E-state index contributed by atoms with van der Waals surface area (Å²) in [5.74, 6) is 0.910. The summed E-state index contributed by atoms with van der Waals surface area (Å²) in [7, 11) is 0. The third kappa shape index (κ3) is 3.60. The minimum atomic E-state index is 0.777. The molecule has 0 amide bonds. The van der Waals surface area contributed by atoms with Crippen LogP contribution in [0.5, 0.6) is 0 Å². The lowest BCUT2D eigenvalue weighted by Gasteiger charge is -2.19. The van der Waals surface area contributed by atoms with Gasteiger partial charge in [-0.1, -0.05) is 35.2 Å². The lowest BCUT2D eigenvalue weighted by Crippen LogP contribution is -2.13. The second-order valence-electron chi connectivity index (χ2n) is 4.58. The Kier molecular flexibility index (Phi) is 4.70. The monoisotopic (exact) mass is 286 g/mol. The summed E-state index contributed by atoms with van der Waals surface area (Å²) in [6.45, 7) is 0. The normalized spacial score (nSPS) is 27.5. The molecule has 1 aromatic heterocycles. The van der Waals surface area contributed by atoms with Gasteiger partial charge in [0.2, 0.25) is 0 Å². The summed E-state index contributed by atoms with van der Waals surface area (Å²) in [6.07, 6.45) is 9.76. The van der Waals surface area contributed by atoms with E-state index in [2.05, 4.69) is 32.8 Å². The number of halogens is 1. The number of aryl methyl sites for hydroxylation is 1. The summed E-state index contributed by atoms with van der Waals surface area (Å²) in [5.41, 5.74) is 1.53.